The highest BCUT2D eigenvalue weighted by molar-refractivity contribution is 8.03. The predicted octanol–water partition coefficient (Wildman–Crippen LogP) is 4.46. The molecular formula is C16H18N4O3S3. The van der Waals surface area contributed by atoms with Crippen LogP contribution in [0.1, 0.15) is 18.1 Å². The molecule has 138 valence electrons. The second-order valence-corrected chi connectivity index (χ2v) is 9.00. The summed E-state index contributed by atoms with van der Waals surface area (Å²) < 4.78 is 1.50. The number of nitrogens with zero attached hydrogens (tertiary/aromatic N) is 3. The van der Waals surface area contributed by atoms with Gasteiger partial charge in [-0.3, -0.25) is 14.9 Å². The molecule has 2 aromatic rings. The number of carbonyl (C=O) groups is 1. The quantitative estimate of drug-likeness (QED) is 0.297. The fourth-order valence-corrected chi connectivity index (χ4v) is 4.58. The number of benzene rings is 1. The van der Waals surface area contributed by atoms with Crippen molar-refractivity contribution >= 4 is 52.1 Å². The van der Waals surface area contributed by atoms with E-state index in [1.165, 1.54) is 29.2 Å². The van der Waals surface area contributed by atoms with Crippen molar-refractivity contribution in [2.24, 2.45) is 0 Å². The van der Waals surface area contributed by atoms with E-state index in [2.05, 4.69) is 22.1 Å². The molecule has 26 heavy (non-hydrogen) atoms. The van der Waals surface area contributed by atoms with Crippen molar-refractivity contribution in [3.05, 3.63) is 45.5 Å². The number of nitro benzene ring substituents is 1. The SMILES string of the molecule is C=C(C)CSc1nnc(SCC(=O)Nc2c([N+](=O)[O-])ccc(C)c2C)s1. The third-order valence-electron chi connectivity index (χ3n) is 3.33. The lowest BCUT2D eigenvalue weighted by atomic mass is 10.1. The van der Waals surface area contributed by atoms with Gasteiger partial charge in [0.05, 0.1) is 10.7 Å². The number of thioether (sulfide) groups is 2. The summed E-state index contributed by atoms with van der Waals surface area (Å²) in [4.78, 5) is 22.9. The van der Waals surface area contributed by atoms with E-state index in [0.29, 0.717) is 9.90 Å². The van der Waals surface area contributed by atoms with E-state index in [1.54, 1.807) is 24.8 Å². The van der Waals surface area contributed by atoms with Crippen molar-refractivity contribution in [1.82, 2.24) is 10.2 Å². The molecule has 10 heteroatoms. The summed E-state index contributed by atoms with van der Waals surface area (Å²) in [6.07, 6.45) is 0. The van der Waals surface area contributed by atoms with Crippen LogP contribution in [0.3, 0.4) is 0 Å². The van der Waals surface area contributed by atoms with E-state index in [9.17, 15) is 14.9 Å². The Morgan fingerprint density at radius 3 is 2.46 bits per heavy atom. The van der Waals surface area contributed by atoms with Crippen LogP contribution in [0.2, 0.25) is 0 Å². The Hall–Kier alpha value is -1.91. The van der Waals surface area contributed by atoms with Crippen LogP contribution in [0.5, 0.6) is 0 Å². The molecule has 2 rings (SSSR count). The minimum Gasteiger partial charge on any atom is -0.319 e. The summed E-state index contributed by atoms with van der Waals surface area (Å²) >= 11 is 4.22. The maximum Gasteiger partial charge on any atom is 0.293 e. The zero-order valence-corrected chi connectivity index (χ0v) is 17.0. The third kappa shape index (κ3) is 5.55. The van der Waals surface area contributed by atoms with E-state index < -0.39 is 4.92 Å². The van der Waals surface area contributed by atoms with Gasteiger partial charge in [-0.05, 0) is 31.9 Å². The van der Waals surface area contributed by atoms with Gasteiger partial charge in [0.2, 0.25) is 5.91 Å². The summed E-state index contributed by atoms with van der Waals surface area (Å²) in [6, 6.07) is 3.07. The highest BCUT2D eigenvalue weighted by atomic mass is 32.2. The van der Waals surface area contributed by atoms with Gasteiger partial charge < -0.3 is 5.32 Å². The van der Waals surface area contributed by atoms with Crippen molar-refractivity contribution in [3.63, 3.8) is 0 Å². The van der Waals surface area contributed by atoms with Crippen LogP contribution < -0.4 is 5.32 Å². The van der Waals surface area contributed by atoms with E-state index in [4.69, 9.17) is 0 Å². The fourth-order valence-electron chi connectivity index (χ4n) is 1.91. The Balaban J connectivity index is 1.99. The van der Waals surface area contributed by atoms with E-state index >= 15 is 0 Å². The molecule has 0 aliphatic rings. The number of amides is 1. The molecular weight excluding hydrogens is 392 g/mol. The van der Waals surface area contributed by atoms with E-state index in [0.717, 1.165) is 21.2 Å². The summed E-state index contributed by atoms with van der Waals surface area (Å²) in [5.41, 5.74) is 2.75. The molecule has 1 heterocycles. The van der Waals surface area contributed by atoms with E-state index in [1.807, 2.05) is 13.8 Å². The molecule has 0 saturated carbocycles. The van der Waals surface area contributed by atoms with Crippen molar-refractivity contribution in [3.8, 4) is 0 Å². The Kier molecular flexibility index (Phi) is 7.18. The number of anilines is 1. The van der Waals surface area contributed by atoms with Crippen molar-refractivity contribution in [2.75, 3.05) is 16.8 Å². The molecule has 1 aromatic carbocycles. The number of hydrogen-bond donors (Lipinski definition) is 1. The fraction of sp³-hybridized carbons (Fsp3) is 0.312. The number of carbonyl (C=O) groups excluding carboxylic acids is 1. The molecule has 1 N–H and O–H groups in total. The van der Waals surface area contributed by atoms with Gasteiger partial charge in [0.15, 0.2) is 8.68 Å². The first-order chi connectivity index (χ1) is 12.3. The van der Waals surface area contributed by atoms with Crippen LogP contribution in [0.25, 0.3) is 0 Å². The number of nitrogens with one attached hydrogen (secondary N) is 1. The lowest BCUT2D eigenvalue weighted by Crippen LogP contribution is -2.16. The summed E-state index contributed by atoms with van der Waals surface area (Å²) in [5.74, 6) is 0.554. The Morgan fingerprint density at radius 1 is 1.27 bits per heavy atom. The Morgan fingerprint density at radius 2 is 1.88 bits per heavy atom. The van der Waals surface area contributed by atoms with Crippen molar-refractivity contribution in [1.29, 1.82) is 0 Å². The molecule has 0 unspecified atom stereocenters. The number of hydrogen-bond acceptors (Lipinski definition) is 8. The number of aromatic nitrogens is 2. The van der Waals surface area contributed by atoms with Crippen LogP contribution in [0, 0.1) is 24.0 Å². The molecule has 1 amide bonds. The monoisotopic (exact) mass is 410 g/mol. The number of rotatable bonds is 8. The number of nitro groups is 1. The topological polar surface area (TPSA) is 98.0 Å². The third-order valence-corrected chi connectivity index (χ3v) is 6.75. The molecule has 0 atom stereocenters. The maximum absolute atomic E-state index is 12.2. The van der Waals surface area contributed by atoms with Crippen LogP contribution in [-0.4, -0.2) is 32.5 Å². The number of aryl methyl sites for hydroxylation is 1. The molecule has 0 spiro atoms. The summed E-state index contributed by atoms with van der Waals surface area (Å²) in [7, 11) is 0. The van der Waals surface area contributed by atoms with Gasteiger partial charge in [-0.15, -0.1) is 10.2 Å². The molecule has 1 aromatic heterocycles. The molecule has 0 fully saturated rings. The lowest BCUT2D eigenvalue weighted by Gasteiger charge is -2.10. The second kappa shape index (κ2) is 9.15. The summed E-state index contributed by atoms with van der Waals surface area (Å²) in [5, 5.41) is 21.9. The minimum absolute atomic E-state index is 0.102. The Bertz CT molecular complexity index is 851. The van der Waals surface area contributed by atoms with Crippen LogP contribution in [-0.2, 0) is 4.79 Å². The first-order valence-corrected chi connectivity index (χ1v) is 10.3. The lowest BCUT2D eigenvalue weighted by molar-refractivity contribution is -0.384. The molecule has 0 radical (unpaired) electrons. The van der Waals surface area contributed by atoms with Gasteiger partial charge in [-0.1, -0.05) is 53.1 Å². The van der Waals surface area contributed by atoms with Gasteiger partial charge in [-0.2, -0.15) is 0 Å². The standard InChI is InChI=1S/C16H18N4O3S3/c1-9(2)7-24-15-18-19-16(26-15)25-8-13(21)17-14-11(4)10(3)5-6-12(14)20(22)23/h5-6H,1,7-8H2,2-4H3,(H,17,21). The second-order valence-electron chi connectivity index (χ2n) is 5.58. The minimum atomic E-state index is -0.495. The maximum atomic E-state index is 12.2. The van der Waals surface area contributed by atoms with Crippen LogP contribution in [0.15, 0.2) is 33.0 Å². The Labute approximate surface area is 163 Å². The molecule has 0 bridgehead atoms. The average molecular weight is 411 g/mol. The van der Waals surface area contributed by atoms with Gasteiger partial charge in [0.25, 0.3) is 5.69 Å². The predicted molar refractivity (Wildman–Crippen MR) is 107 cm³/mol. The normalized spacial score (nSPS) is 10.6. The van der Waals surface area contributed by atoms with Gasteiger partial charge in [-0.25, -0.2) is 0 Å². The first-order valence-electron chi connectivity index (χ1n) is 7.56. The van der Waals surface area contributed by atoms with Crippen molar-refractivity contribution < 1.29 is 9.72 Å². The molecule has 7 nitrogen and oxygen atoms in total. The zero-order valence-electron chi connectivity index (χ0n) is 14.6. The molecule has 0 aliphatic carbocycles. The zero-order chi connectivity index (χ0) is 19.3. The van der Waals surface area contributed by atoms with Gasteiger partial charge in [0.1, 0.15) is 5.69 Å². The highest BCUT2D eigenvalue weighted by Gasteiger charge is 2.19. The smallest absolute Gasteiger partial charge is 0.293 e. The van der Waals surface area contributed by atoms with Gasteiger partial charge in [0, 0.05) is 11.8 Å². The van der Waals surface area contributed by atoms with Crippen LogP contribution in [0.4, 0.5) is 11.4 Å². The molecule has 0 aliphatic heterocycles. The highest BCUT2D eigenvalue weighted by Crippen LogP contribution is 2.32. The van der Waals surface area contributed by atoms with E-state index in [-0.39, 0.29) is 23.0 Å². The van der Waals surface area contributed by atoms with Crippen molar-refractivity contribution in [2.45, 2.75) is 29.5 Å². The van der Waals surface area contributed by atoms with Gasteiger partial charge >= 0.3 is 0 Å². The molecule has 0 saturated heterocycles. The first kappa shape index (κ1) is 20.4. The summed E-state index contributed by atoms with van der Waals surface area (Å²) in [6.45, 7) is 9.38. The van der Waals surface area contributed by atoms with Crippen LogP contribution >= 0.6 is 34.9 Å². The average Bonchev–Trinajstić information content (AvgIpc) is 3.03. The largest absolute Gasteiger partial charge is 0.319 e.